The van der Waals surface area contributed by atoms with Gasteiger partial charge in [0.25, 0.3) is 0 Å². The molecule has 2 aliphatic heterocycles. The summed E-state index contributed by atoms with van der Waals surface area (Å²) in [5.74, 6) is 0. The predicted octanol–water partition coefficient (Wildman–Crippen LogP) is 6.56. The van der Waals surface area contributed by atoms with Gasteiger partial charge in [0.1, 0.15) is 26.2 Å². The Labute approximate surface area is 172 Å². The number of hydrogen-bond acceptors (Lipinski definition) is 0. The third kappa shape index (κ3) is 2.73. The molecule has 0 amide bonds. The second kappa shape index (κ2) is 6.43. The van der Waals surface area contributed by atoms with Crippen molar-refractivity contribution in [2.75, 3.05) is 0 Å². The molecule has 0 radical (unpaired) electrons. The fourth-order valence-corrected chi connectivity index (χ4v) is 5.46. The molecule has 0 fully saturated rings. The van der Waals surface area contributed by atoms with Crippen LogP contribution < -0.4 is 0 Å². The summed E-state index contributed by atoms with van der Waals surface area (Å²) in [6.45, 7) is 4.25. The van der Waals surface area contributed by atoms with Gasteiger partial charge < -0.3 is 4.48 Å². The van der Waals surface area contributed by atoms with Crippen LogP contribution in [0.25, 0.3) is 22.3 Å². The lowest BCUT2D eigenvalue weighted by atomic mass is 9.97. The number of hydrogen-bond donors (Lipinski definition) is 0. The summed E-state index contributed by atoms with van der Waals surface area (Å²) >= 11 is 0. The van der Waals surface area contributed by atoms with Crippen molar-refractivity contribution < 1.29 is 4.48 Å². The molecule has 0 bridgehead atoms. The third-order valence-electron chi connectivity index (χ3n) is 6.67. The van der Waals surface area contributed by atoms with Crippen LogP contribution in [0, 0.1) is 0 Å². The first-order chi connectivity index (χ1) is 14.3. The van der Waals surface area contributed by atoms with Crippen LogP contribution in [0.1, 0.15) is 22.3 Å². The van der Waals surface area contributed by atoms with E-state index in [9.17, 15) is 0 Å². The van der Waals surface area contributed by atoms with Crippen molar-refractivity contribution in [2.45, 2.75) is 26.2 Å². The molecule has 29 heavy (non-hydrogen) atoms. The van der Waals surface area contributed by atoms with Crippen LogP contribution in [0.5, 0.6) is 0 Å². The monoisotopic (exact) mass is 374 g/mol. The molecule has 0 saturated heterocycles. The van der Waals surface area contributed by atoms with E-state index in [1.807, 2.05) is 0 Å². The van der Waals surface area contributed by atoms with E-state index >= 15 is 0 Å². The number of benzene rings is 4. The van der Waals surface area contributed by atoms with Crippen molar-refractivity contribution in [3.8, 4) is 22.3 Å². The average Bonchev–Trinajstić information content (AvgIpc) is 2.97. The van der Waals surface area contributed by atoms with Crippen LogP contribution in [0.15, 0.2) is 97.1 Å². The Morgan fingerprint density at radius 1 is 0.345 bits per heavy atom. The van der Waals surface area contributed by atoms with Crippen molar-refractivity contribution in [1.82, 2.24) is 0 Å². The standard InChI is InChI=1S/C28H24N/c1-5-13-25-21(9-1)17-29(18-22-10-2-6-14-26(22)25)19-23-11-3-7-15-27(23)28-16-8-4-12-24(28)20-29/h1-16H,17-20H2/q+1. The molecule has 0 unspecified atom stereocenters. The fraction of sp³-hybridized carbons (Fsp3) is 0.143. The molecule has 0 N–H and O–H groups in total. The summed E-state index contributed by atoms with van der Waals surface area (Å²) in [5, 5.41) is 0. The minimum Gasteiger partial charge on any atom is -0.309 e. The third-order valence-corrected chi connectivity index (χ3v) is 6.67. The molecule has 0 atom stereocenters. The summed E-state index contributed by atoms with van der Waals surface area (Å²) in [6.07, 6.45) is 0. The van der Waals surface area contributed by atoms with Crippen molar-refractivity contribution in [3.63, 3.8) is 0 Å². The van der Waals surface area contributed by atoms with E-state index in [-0.39, 0.29) is 0 Å². The summed E-state index contributed by atoms with van der Waals surface area (Å²) in [5.41, 5.74) is 11.5. The number of rotatable bonds is 0. The second-order valence-electron chi connectivity index (χ2n) is 8.60. The normalized spacial score (nSPS) is 16.0. The van der Waals surface area contributed by atoms with E-state index in [1.54, 1.807) is 0 Å². The molecule has 1 spiro atoms. The topological polar surface area (TPSA) is 0 Å². The summed E-state index contributed by atoms with van der Waals surface area (Å²) in [4.78, 5) is 0. The zero-order valence-corrected chi connectivity index (χ0v) is 16.5. The smallest absolute Gasteiger partial charge is 0.106 e. The first kappa shape index (κ1) is 16.8. The molecule has 6 rings (SSSR count). The Morgan fingerprint density at radius 2 is 0.586 bits per heavy atom. The molecule has 0 aromatic heterocycles. The summed E-state index contributed by atoms with van der Waals surface area (Å²) in [6, 6.07) is 36.0. The highest BCUT2D eigenvalue weighted by atomic mass is 15.4. The first-order valence-corrected chi connectivity index (χ1v) is 10.5. The van der Waals surface area contributed by atoms with Crippen molar-refractivity contribution in [3.05, 3.63) is 119 Å². The largest absolute Gasteiger partial charge is 0.309 e. The maximum Gasteiger partial charge on any atom is 0.106 e. The van der Waals surface area contributed by atoms with Crippen LogP contribution in [0.3, 0.4) is 0 Å². The van der Waals surface area contributed by atoms with Crippen molar-refractivity contribution in [1.29, 1.82) is 0 Å². The van der Waals surface area contributed by atoms with Crippen LogP contribution in [0.2, 0.25) is 0 Å². The van der Waals surface area contributed by atoms with E-state index in [4.69, 9.17) is 0 Å². The highest BCUT2D eigenvalue weighted by Gasteiger charge is 2.37. The SMILES string of the molecule is c1ccc2c(c1)C[N+]1(Cc3ccccc3-2)Cc2ccccc2-c2ccccc2C1. The van der Waals surface area contributed by atoms with Gasteiger partial charge in [-0.3, -0.25) is 0 Å². The molecule has 2 aliphatic rings. The lowest BCUT2D eigenvalue weighted by molar-refractivity contribution is -0.978. The van der Waals surface area contributed by atoms with Gasteiger partial charge >= 0.3 is 0 Å². The van der Waals surface area contributed by atoms with E-state index in [2.05, 4.69) is 97.1 Å². The number of quaternary nitrogens is 1. The van der Waals surface area contributed by atoms with Crippen LogP contribution in [-0.2, 0) is 26.2 Å². The minimum atomic E-state index is 1.04. The molecule has 0 saturated carbocycles. The van der Waals surface area contributed by atoms with Gasteiger partial charge in [-0.25, -0.2) is 0 Å². The van der Waals surface area contributed by atoms with Gasteiger partial charge in [-0.15, -0.1) is 0 Å². The summed E-state index contributed by atoms with van der Waals surface area (Å²) in [7, 11) is 0. The quantitative estimate of drug-likeness (QED) is 0.306. The maximum absolute atomic E-state index is 2.33. The highest BCUT2D eigenvalue weighted by Crippen LogP contribution is 2.42. The van der Waals surface area contributed by atoms with Crippen molar-refractivity contribution >= 4 is 0 Å². The van der Waals surface area contributed by atoms with Crippen molar-refractivity contribution in [2.24, 2.45) is 0 Å². The Bertz CT molecular complexity index is 1020. The van der Waals surface area contributed by atoms with Gasteiger partial charge in [-0.05, 0) is 22.3 Å². The van der Waals surface area contributed by atoms with E-state index < -0.39 is 0 Å². The molecule has 1 nitrogen and oxygen atoms in total. The Hall–Kier alpha value is -3.16. The number of nitrogens with zero attached hydrogens (tertiary/aromatic N) is 1. The molecule has 140 valence electrons. The van der Waals surface area contributed by atoms with E-state index in [1.165, 1.54) is 44.5 Å². The van der Waals surface area contributed by atoms with Gasteiger partial charge in [0.05, 0.1) is 0 Å². The Kier molecular flexibility index (Phi) is 3.72. The minimum absolute atomic E-state index is 1.04. The molecular weight excluding hydrogens is 350 g/mol. The molecule has 2 heterocycles. The Morgan fingerprint density at radius 3 is 0.862 bits per heavy atom. The lowest BCUT2D eigenvalue weighted by Crippen LogP contribution is -2.44. The predicted molar refractivity (Wildman–Crippen MR) is 119 cm³/mol. The number of fused-ring (bicyclic) bond motifs is 6. The van der Waals surface area contributed by atoms with Crippen LogP contribution in [-0.4, -0.2) is 4.48 Å². The zero-order valence-electron chi connectivity index (χ0n) is 16.5. The zero-order chi connectivity index (χ0) is 19.3. The van der Waals surface area contributed by atoms with E-state index in [0.717, 1.165) is 30.7 Å². The Balaban J connectivity index is 1.60. The van der Waals surface area contributed by atoms with E-state index in [0.29, 0.717) is 0 Å². The van der Waals surface area contributed by atoms with Gasteiger partial charge in [0.15, 0.2) is 0 Å². The first-order valence-electron chi connectivity index (χ1n) is 10.5. The van der Waals surface area contributed by atoms with Gasteiger partial charge in [0, 0.05) is 22.3 Å². The summed E-state index contributed by atoms with van der Waals surface area (Å²) < 4.78 is 1.04. The van der Waals surface area contributed by atoms with Gasteiger partial charge in [-0.1, -0.05) is 97.1 Å². The second-order valence-corrected chi connectivity index (χ2v) is 8.60. The van der Waals surface area contributed by atoms with Crippen LogP contribution >= 0.6 is 0 Å². The molecule has 4 aromatic carbocycles. The van der Waals surface area contributed by atoms with Crippen LogP contribution in [0.4, 0.5) is 0 Å². The average molecular weight is 375 g/mol. The molecule has 1 heteroatoms. The molecule has 4 aromatic rings. The fourth-order valence-electron chi connectivity index (χ4n) is 5.46. The van der Waals surface area contributed by atoms with Gasteiger partial charge in [0.2, 0.25) is 0 Å². The molecule has 0 aliphatic carbocycles. The molecular formula is C28H24N+. The highest BCUT2D eigenvalue weighted by molar-refractivity contribution is 5.72. The lowest BCUT2D eigenvalue weighted by Gasteiger charge is -2.38. The van der Waals surface area contributed by atoms with Gasteiger partial charge in [-0.2, -0.15) is 0 Å². The maximum atomic E-state index is 2.33.